The Kier molecular flexibility index (Phi) is 5.44. The van der Waals surface area contributed by atoms with E-state index < -0.39 is 11.7 Å². The topological polar surface area (TPSA) is 92.9 Å². The van der Waals surface area contributed by atoms with Crippen LogP contribution in [0, 0.1) is 0 Å². The quantitative estimate of drug-likeness (QED) is 0.551. The number of nitrogens with one attached hydrogen (secondary N) is 2. The number of hydrogen-bond donors (Lipinski definition) is 3. The molecule has 4 N–H and O–H groups in total. The number of nitrogens with two attached hydrogens (primary N) is 1. The maximum atomic E-state index is 12.6. The highest BCUT2D eigenvalue weighted by Crippen LogP contribution is 2.32. The number of alkyl halides is 3. The molecule has 0 aliphatic carbocycles. The van der Waals surface area contributed by atoms with Gasteiger partial charge in [-0.05, 0) is 30.2 Å². The molecule has 3 heterocycles. The number of aromatic nitrogens is 2. The van der Waals surface area contributed by atoms with Crippen molar-refractivity contribution >= 4 is 28.2 Å². The minimum absolute atomic E-state index is 0.0663. The summed E-state index contributed by atoms with van der Waals surface area (Å²) >= 11 is 1.44. The fourth-order valence-electron chi connectivity index (χ4n) is 3.15. The number of thiazole rings is 1. The summed E-state index contributed by atoms with van der Waals surface area (Å²) in [5, 5.41) is 6.55. The zero-order valence-corrected chi connectivity index (χ0v) is 16.5. The van der Waals surface area contributed by atoms with E-state index in [9.17, 15) is 18.0 Å². The molecule has 0 spiro atoms. The Hall–Kier alpha value is -2.98. The van der Waals surface area contributed by atoms with Gasteiger partial charge in [-0.2, -0.15) is 13.2 Å². The summed E-state index contributed by atoms with van der Waals surface area (Å²) in [6.45, 7) is 0.425. The second-order valence-corrected chi connectivity index (χ2v) is 8.06. The van der Waals surface area contributed by atoms with E-state index in [0.717, 1.165) is 33.7 Å². The molecule has 4 rings (SSSR count). The summed E-state index contributed by atoms with van der Waals surface area (Å²) in [5.74, 6) is 0.532. The van der Waals surface area contributed by atoms with Gasteiger partial charge in [0, 0.05) is 36.1 Å². The molecular weight excluding hydrogens is 415 g/mol. The van der Waals surface area contributed by atoms with Gasteiger partial charge >= 0.3 is 6.18 Å². The van der Waals surface area contributed by atoms with Crippen LogP contribution in [0.5, 0.6) is 0 Å². The van der Waals surface area contributed by atoms with Crippen LogP contribution in [0.25, 0.3) is 10.4 Å². The average molecular weight is 433 g/mol. The standard InChI is InChI=1S/C20H18F3N5OS/c21-20(22,23)14-3-1-11(2-4-14)5-15(24)9-26-19-27-10-16(30-19)13-6-12-7-17(29)28-18(12)25-8-13/h1-4,6,8,10,15H,5,7,9,24H2,(H,26,27)(H,25,28,29). The molecule has 1 aliphatic heterocycles. The van der Waals surface area contributed by atoms with Gasteiger partial charge in [-0.25, -0.2) is 9.97 Å². The third-order valence-electron chi connectivity index (χ3n) is 4.66. The maximum Gasteiger partial charge on any atom is 0.416 e. The molecule has 1 aromatic carbocycles. The summed E-state index contributed by atoms with van der Waals surface area (Å²) in [6.07, 6.45) is -0.163. The minimum atomic E-state index is -4.34. The van der Waals surface area contributed by atoms with Crippen LogP contribution in [0.15, 0.2) is 42.7 Å². The zero-order valence-electron chi connectivity index (χ0n) is 15.7. The number of anilines is 2. The molecule has 1 unspecified atom stereocenters. The summed E-state index contributed by atoms with van der Waals surface area (Å²) in [6, 6.07) is 6.67. The van der Waals surface area contributed by atoms with Crippen molar-refractivity contribution in [2.45, 2.75) is 25.1 Å². The molecular formula is C20H18F3N5OS. The Balaban J connectivity index is 1.33. The highest BCUT2D eigenvalue weighted by atomic mass is 32.1. The molecule has 156 valence electrons. The van der Waals surface area contributed by atoms with E-state index in [1.165, 1.54) is 23.5 Å². The molecule has 2 aromatic heterocycles. The van der Waals surface area contributed by atoms with Crippen molar-refractivity contribution in [2.24, 2.45) is 5.73 Å². The van der Waals surface area contributed by atoms with E-state index in [-0.39, 0.29) is 11.9 Å². The fourth-order valence-corrected chi connectivity index (χ4v) is 3.96. The fraction of sp³-hybridized carbons (Fsp3) is 0.250. The van der Waals surface area contributed by atoms with Crippen molar-refractivity contribution in [1.29, 1.82) is 0 Å². The van der Waals surface area contributed by atoms with Crippen LogP contribution >= 0.6 is 11.3 Å². The van der Waals surface area contributed by atoms with E-state index in [1.54, 1.807) is 12.4 Å². The lowest BCUT2D eigenvalue weighted by Crippen LogP contribution is -2.31. The van der Waals surface area contributed by atoms with Gasteiger partial charge in [0.2, 0.25) is 5.91 Å². The van der Waals surface area contributed by atoms with Crippen LogP contribution in [-0.2, 0) is 23.8 Å². The summed E-state index contributed by atoms with van der Waals surface area (Å²) in [4.78, 5) is 21.0. The van der Waals surface area contributed by atoms with Gasteiger partial charge in [0.15, 0.2) is 5.13 Å². The Morgan fingerprint density at radius 3 is 2.70 bits per heavy atom. The van der Waals surface area contributed by atoms with Gasteiger partial charge in [0.1, 0.15) is 5.82 Å². The van der Waals surface area contributed by atoms with Crippen molar-refractivity contribution in [3.63, 3.8) is 0 Å². The van der Waals surface area contributed by atoms with Crippen molar-refractivity contribution in [3.8, 4) is 10.4 Å². The third kappa shape index (κ3) is 4.60. The van der Waals surface area contributed by atoms with E-state index in [4.69, 9.17) is 5.73 Å². The molecule has 0 saturated heterocycles. The van der Waals surface area contributed by atoms with Crippen LogP contribution in [0.3, 0.4) is 0 Å². The van der Waals surface area contributed by atoms with Crippen LogP contribution in [0.2, 0.25) is 0 Å². The molecule has 10 heteroatoms. The predicted octanol–water partition coefficient (Wildman–Crippen LogP) is 3.70. The predicted molar refractivity (Wildman–Crippen MR) is 109 cm³/mol. The highest BCUT2D eigenvalue weighted by Gasteiger charge is 2.30. The lowest BCUT2D eigenvalue weighted by molar-refractivity contribution is -0.137. The second-order valence-electron chi connectivity index (χ2n) is 7.03. The van der Waals surface area contributed by atoms with Crippen LogP contribution < -0.4 is 16.4 Å². The van der Waals surface area contributed by atoms with Crippen molar-refractivity contribution in [1.82, 2.24) is 9.97 Å². The number of benzene rings is 1. The molecule has 1 amide bonds. The largest absolute Gasteiger partial charge is 0.416 e. The number of carbonyl (C=O) groups excluding carboxylic acids is 1. The molecule has 30 heavy (non-hydrogen) atoms. The van der Waals surface area contributed by atoms with Gasteiger partial charge in [-0.15, -0.1) is 0 Å². The Morgan fingerprint density at radius 2 is 1.97 bits per heavy atom. The highest BCUT2D eigenvalue weighted by molar-refractivity contribution is 7.18. The molecule has 0 bridgehead atoms. The molecule has 1 aliphatic rings. The monoisotopic (exact) mass is 433 g/mol. The Labute approximate surface area is 174 Å². The third-order valence-corrected chi connectivity index (χ3v) is 5.66. The van der Waals surface area contributed by atoms with Gasteiger partial charge in [-0.1, -0.05) is 23.5 Å². The normalized spacial score (nSPS) is 14.3. The smallest absolute Gasteiger partial charge is 0.360 e. The lowest BCUT2D eigenvalue weighted by Gasteiger charge is -2.13. The van der Waals surface area contributed by atoms with Gasteiger partial charge in [0.25, 0.3) is 0 Å². The molecule has 6 nitrogen and oxygen atoms in total. The molecule has 0 saturated carbocycles. The Morgan fingerprint density at radius 1 is 1.20 bits per heavy atom. The molecule has 1 atom stereocenters. The van der Waals surface area contributed by atoms with Crippen LogP contribution in [-0.4, -0.2) is 28.5 Å². The molecule has 0 fully saturated rings. The maximum absolute atomic E-state index is 12.6. The van der Waals surface area contributed by atoms with E-state index >= 15 is 0 Å². The SMILES string of the molecule is NC(CNc1ncc(-c2cnc3c(c2)CC(=O)N3)s1)Cc1ccc(C(F)(F)F)cc1. The number of rotatable bonds is 6. The average Bonchev–Trinajstić information content (AvgIpc) is 3.31. The number of carbonyl (C=O) groups is 1. The number of amides is 1. The van der Waals surface area contributed by atoms with Crippen LogP contribution in [0.1, 0.15) is 16.7 Å². The zero-order chi connectivity index (χ0) is 21.3. The lowest BCUT2D eigenvalue weighted by atomic mass is 10.0. The van der Waals surface area contributed by atoms with E-state index in [1.807, 2.05) is 6.07 Å². The Bertz CT molecular complexity index is 1070. The molecule has 3 aromatic rings. The summed E-state index contributed by atoms with van der Waals surface area (Å²) in [5.41, 5.74) is 7.92. The number of fused-ring (bicyclic) bond motifs is 1. The van der Waals surface area contributed by atoms with Crippen LogP contribution in [0.4, 0.5) is 24.1 Å². The number of hydrogen-bond acceptors (Lipinski definition) is 6. The van der Waals surface area contributed by atoms with Gasteiger partial charge in [0.05, 0.1) is 16.9 Å². The van der Waals surface area contributed by atoms with E-state index in [2.05, 4.69) is 20.6 Å². The minimum Gasteiger partial charge on any atom is -0.360 e. The van der Waals surface area contributed by atoms with Crippen molar-refractivity contribution in [2.75, 3.05) is 17.2 Å². The first-order valence-corrected chi connectivity index (χ1v) is 10.00. The van der Waals surface area contributed by atoms with E-state index in [0.29, 0.717) is 30.3 Å². The summed E-state index contributed by atoms with van der Waals surface area (Å²) in [7, 11) is 0. The number of nitrogens with zero attached hydrogens (tertiary/aromatic N) is 2. The number of halogens is 3. The first kappa shape index (κ1) is 20.3. The van der Waals surface area contributed by atoms with Crippen molar-refractivity contribution < 1.29 is 18.0 Å². The van der Waals surface area contributed by atoms with Gasteiger partial charge < -0.3 is 16.4 Å². The first-order chi connectivity index (χ1) is 14.3. The van der Waals surface area contributed by atoms with Gasteiger partial charge in [-0.3, -0.25) is 4.79 Å². The first-order valence-electron chi connectivity index (χ1n) is 9.18. The van der Waals surface area contributed by atoms with Crippen molar-refractivity contribution in [3.05, 3.63) is 59.4 Å². The molecule has 0 radical (unpaired) electrons. The summed E-state index contributed by atoms with van der Waals surface area (Å²) < 4.78 is 37.9. The second kappa shape index (κ2) is 8.04. The number of pyridine rings is 1.